The van der Waals surface area contributed by atoms with E-state index >= 15 is 0 Å². The van der Waals surface area contributed by atoms with E-state index in [9.17, 15) is 9.59 Å². The first kappa shape index (κ1) is 24.1. The van der Waals surface area contributed by atoms with Crippen LogP contribution in [0.1, 0.15) is 80.4 Å². The summed E-state index contributed by atoms with van der Waals surface area (Å²) in [7, 11) is 0. The number of hydroxylamine groups is 2. The summed E-state index contributed by atoms with van der Waals surface area (Å²) < 4.78 is 5.39. The van der Waals surface area contributed by atoms with Gasteiger partial charge in [0.25, 0.3) is 0 Å². The Kier molecular flexibility index (Phi) is 8.65. The van der Waals surface area contributed by atoms with Crippen LogP contribution in [-0.2, 0) is 14.4 Å². The Morgan fingerprint density at radius 3 is 2.27 bits per heavy atom. The zero-order valence-electron chi connectivity index (χ0n) is 19.4. The van der Waals surface area contributed by atoms with Gasteiger partial charge in [0.2, 0.25) is 0 Å². The molecule has 1 aromatic carbocycles. The SMILES string of the molecule is CCCCOC(=O)c1c(C)cc(/C=C/C2CCN(OC(=O)C(C)(C)C)CC2)cc1C. The minimum absolute atomic E-state index is 0.184. The van der Waals surface area contributed by atoms with Gasteiger partial charge in [-0.15, -0.1) is 5.06 Å². The second kappa shape index (κ2) is 10.8. The van der Waals surface area contributed by atoms with Gasteiger partial charge in [0.15, 0.2) is 0 Å². The number of unbranched alkanes of at least 4 members (excludes halogenated alkanes) is 1. The summed E-state index contributed by atoms with van der Waals surface area (Å²) >= 11 is 0. The molecule has 1 aliphatic heterocycles. The molecule has 0 unspecified atom stereocenters. The van der Waals surface area contributed by atoms with Crippen molar-refractivity contribution >= 4 is 18.0 Å². The number of esters is 1. The molecule has 0 saturated carbocycles. The summed E-state index contributed by atoms with van der Waals surface area (Å²) in [4.78, 5) is 29.9. The van der Waals surface area contributed by atoms with Crippen molar-refractivity contribution in [3.05, 3.63) is 40.5 Å². The molecule has 1 fully saturated rings. The fourth-order valence-electron chi connectivity index (χ4n) is 3.46. The van der Waals surface area contributed by atoms with E-state index in [1.54, 1.807) is 5.06 Å². The second-order valence-corrected chi connectivity index (χ2v) is 9.27. The molecule has 0 bridgehead atoms. The van der Waals surface area contributed by atoms with Crippen LogP contribution in [-0.4, -0.2) is 36.7 Å². The maximum absolute atomic E-state index is 12.4. The van der Waals surface area contributed by atoms with Crippen molar-refractivity contribution in [1.82, 2.24) is 5.06 Å². The van der Waals surface area contributed by atoms with Gasteiger partial charge in [-0.25, -0.2) is 9.59 Å². The van der Waals surface area contributed by atoms with Crippen LogP contribution in [0.4, 0.5) is 0 Å². The molecule has 0 spiro atoms. The maximum Gasteiger partial charge on any atom is 0.338 e. The van der Waals surface area contributed by atoms with Gasteiger partial charge in [-0.2, -0.15) is 0 Å². The fraction of sp³-hybridized carbons (Fsp3) is 0.600. The van der Waals surface area contributed by atoms with Crippen molar-refractivity contribution in [3.63, 3.8) is 0 Å². The van der Waals surface area contributed by atoms with Gasteiger partial charge < -0.3 is 9.57 Å². The van der Waals surface area contributed by atoms with Crippen LogP contribution < -0.4 is 0 Å². The molecule has 5 nitrogen and oxygen atoms in total. The molecule has 1 saturated heterocycles. The van der Waals surface area contributed by atoms with E-state index in [4.69, 9.17) is 9.57 Å². The van der Waals surface area contributed by atoms with Crippen molar-refractivity contribution in [2.24, 2.45) is 11.3 Å². The molecule has 0 N–H and O–H groups in total. The highest BCUT2D eigenvalue weighted by molar-refractivity contribution is 5.93. The number of benzene rings is 1. The molecule has 0 aromatic heterocycles. The summed E-state index contributed by atoms with van der Waals surface area (Å²) in [6, 6.07) is 4.08. The molecule has 2 rings (SSSR count). The molecule has 0 aliphatic carbocycles. The number of rotatable bonds is 7. The predicted molar refractivity (Wildman–Crippen MR) is 120 cm³/mol. The van der Waals surface area contributed by atoms with Gasteiger partial charge in [-0.3, -0.25) is 0 Å². The molecule has 1 aliphatic rings. The minimum Gasteiger partial charge on any atom is -0.462 e. The third-order valence-electron chi connectivity index (χ3n) is 5.37. The van der Waals surface area contributed by atoms with Crippen molar-refractivity contribution < 1.29 is 19.2 Å². The minimum atomic E-state index is -0.485. The molecule has 0 amide bonds. The van der Waals surface area contributed by atoms with Crippen LogP contribution >= 0.6 is 0 Å². The van der Waals surface area contributed by atoms with Gasteiger partial charge in [-0.1, -0.05) is 37.6 Å². The van der Waals surface area contributed by atoms with Crippen LogP contribution in [0.2, 0.25) is 0 Å². The number of piperidine rings is 1. The van der Waals surface area contributed by atoms with Gasteiger partial charge in [0, 0.05) is 13.1 Å². The van der Waals surface area contributed by atoms with Crippen LogP contribution in [0.3, 0.4) is 0 Å². The Balaban J connectivity index is 1.93. The Morgan fingerprint density at radius 1 is 1.13 bits per heavy atom. The number of aryl methyl sites for hydroxylation is 2. The Morgan fingerprint density at radius 2 is 1.73 bits per heavy atom. The molecule has 166 valence electrons. The maximum atomic E-state index is 12.4. The van der Waals surface area contributed by atoms with E-state index in [1.807, 2.05) is 46.8 Å². The summed E-state index contributed by atoms with van der Waals surface area (Å²) in [6.07, 6.45) is 8.16. The summed E-state index contributed by atoms with van der Waals surface area (Å²) in [5.74, 6) is 0.0378. The fourth-order valence-corrected chi connectivity index (χ4v) is 3.46. The molecule has 0 atom stereocenters. The highest BCUT2D eigenvalue weighted by Crippen LogP contribution is 2.24. The zero-order valence-corrected chi connectivity index (χ0v) is 19.4. The van der Waals surface area contributed by atoms with Crippen molar-refractivity contribution in [1.29, 1.82) is 0 Å². The number of nitrogens with zero attached hydrogens (tertiary/aromatic N) is 1. The van der Waals surface area contributed by atoms with E-state index in [0.717, 1.165) is 55.5 Å². The van der Waals surface area contributed by atoms with Gasteiger partial charge in [0.05, 0.1) is 17.6 Å². The Hall–Kier alpha value is -2.14. The van der Waals surface area contributed by atoms with E-state index in [0.29, 0.717) is 18.1 Å². The van der Waals surface area contributed by atoms with Gasteiger partial charge >= 0.3 is 11.9 Å². The largest absolute Gasteiger partial charge is 0.462 e. The number of allylic oxidation sites excluding steroid dienone is 1. The lowest BCUT2D eigenvalue weighted by atomic mass is 9.94. The van der Waals surface area contributed by atoms with Crippen molar-refractivity contribution in [2.75, 3.05) is 19.7 Å². The van der Waals surface area contributed by atoms with E-state index in [2.05, 4.69) is 19.1 Å². The summed E-state index contributed by atoms with van der Waals surface area (Å²) in [5.41, 5.74) is 3.18. The van der Waals surface area contributed by atoms with Crippen molar-refractivity contribution in [3.8, 4) is 0 Å². The molecule has 0 radical (unpaired) electrons. The lowest BCUT2D eigenvalue weighted by Gasteiger charge is -2.31. The molecular formula is C25H37NO4. The van der Waals surface area contributed by atoms with E-state index in [1.165, 1.54) is 0 Å². The highest BCUT2D eigenvalue weighted by Gasteiger charge is 2.27. The zero-order chi connectivity index (χ0) is 22.3. The quantitative estimate of drug-likeness (QED) is 0.435. The second-order valence-electron chi connectivity index (χ2n) is 9.27. The van der Waals surface area contributed by atoms with Crippen molar-refractivity contribution in [2.45, 2.75) is 67.2 Å². The van der Waals surface area contributed by atoms with Crippen LogP contribution in [0.25, 0.3) is 6.08 Å². The van der Waals surface area contributed by atoms with E-state index in [-0.39, 0.29) is 11.9 Å². The number of ether oxygens (including phenoxy) is 1. The average molecular weight is 416 g/mol. The van der Waals surface area contributed by atoms with Gasteiger partial charge in [-0.05, 0) is 76.5 Å². The standard InChI is InChI=1S/C25H37NO4/c1-7-8-15-29-23(27)22-18(2)16-21(17-19(22)3)10-9-20-11-13-26(14-12-20)30-24(28)25(4,5)6/h9-10,16-17,20H,7-8,11-15H2,1-6H3/b10-9+. The normalized spacial score (nSPS) is 16.1. The lowest BCUT2D eigenvalue weighted by molar-refractivity contribution is -0.205. The Bertz CT molecular complexity index is 745. The third kappa shape index (κ3) is 6.98. The smallest absolute Gasteiger partial charge is 0.338 e. The first-order valence-electron chi connectivity index (χ1n) is 11.1. The van der Waals surface area contributed by atoms with Crippen LogP contribution in [0.15, 0.2) is 18.2 Å². The number of hydrogen-bond donors (Lipinski definition) is 0. The molecule has 1 heterocycles. The number of carbonyl (C=O) groups excluding carboxylic acids is 2. The summed E-state index contributed by atoms with van der Waals surface area (Å²) in [5, 5.41) is 1.78. The van der Waals surface area contributed by atoms with Crippen LogP contribution in [0, 0.1) is 25.2 Å². The molecule has 30 heavy (non-hydrogen) atoms. The highest BCUT2D eigenvalue weighted by atomic mass is 16.7. The average Bonchev–Trinajstić information content (AvgIpc) is 2.66. The lowest BCUT2D eigenvalue weighted by Crippen LogP contribution is -2.38. The molecule has 5 heteroatoms. The monoisotopic (exact) mass is 415 g/mol. The topological polar surface area (TPSA) is 55.8 Å². The first-order valence-corrected chi connectivity index (χ1v) is 11.1. The van der Waals surface area contributed by atoms with Crippen LogP contribution in [0.5, 0.6) is 0 Å². The number of hydrogen-bond acceptors (Lipinski definition) is 5. The molecule has 1 aromatic rings. The Labute approximate surface area is 181 Å². The summed E-state index contributed by atoms with van der Waals surface area (Å²) in [6.45, 7) is 13.6. The first-order chi connectivity index (χ1) is 14.1. The predicted octanol–water partition coefficient (Wildman–Crippen LogP) is 5.49. The van der Waals surface area contributed by atoms with Gasteiger partial charge in [0.1, 0.15) is 0 Å². The third-order valence-corrected chi connectivity index (χ3v) is 5.37. The number of carbonyl (C=O) groups is 2. The van der Waals surface area contributed by atoms with E-state index < -0.39 is 5.41 Å². The molecular weight excluding hydrogens is 378 g/mol.